The highest BCUT2D eigenvalue weighted by molar-refractivity contribution is 9.10. The quantitative estimate of drug-likeness (QED) is 0.757. The van der Waals surface area contributed by atoms with Crippen molar-refractivity contribution in [2.24, 2.45) is 0 Å². The molecule has 144 valence electrons. The number of ether oxygens (including phenoxy) is 1. The summed E-state index contributed by atoms with van der Waals surface area (Å²) in [5, 5.41) is 7.35. The van der Waals surface area contributed by atoms with Gasteiger partial charge < -0.3 is 10.1 Å². The second-order valence-electron chi connectivity index (χ2n) is 6.48. The van der Waals surface area contributed by atoms with Crippen LogP contribution < -0.4 is 15.0 Å². The molecule has 2 amide bonds. The maximum absolute atomic E-state index is 12.9. The number of aromatic nitrogens is 2. The molecule has 7 nitrogen and oxygen atoms in total. The highest BCUT2D eigenvalue weighted by Gasteiger charge is 2.34. The number of methoxy groups -OCH3 is 1. The molecular formula is C19H23BrN4O3. The maximum atomic E-state index is 12.9. The van der Waals surface area contributed by atoms with Gasteiger partial charge in [-0.2, -0.15) is 5.10 Å². The van der Waals surface area contributed by atoms with Gasteiger partial charge in [-0.25, -0.2) is 4.68 Å². The Balaban J connectivity index is 1.79. The molecule has 1 aromatic heterocycles. The van der Waals surface area contributed by atoms with Crippen molar-refractivity contribution < 1.29 is 14.3 Å². The molecule has 0 aliphatic carbocycles. The molecule has 3 rings (SSSR count). The van der Waals surface area contributed by atoms with Gasteiger partial charge in [-0.1, -0.05) is 22.9 Å². The number of amides is 2. The Kier molecular flexibility index (Phi) is 5.84. The van der Waals surface area contributed by atoms with Crippen LogP contribution in [0.1, 0.15) is 31.0 Å². The summed E-state index contributed by atoms with van der Waals surface area (Å²) in [5.74, 6) is 1.14. The fourth-order valence-electron chi connectivity index (χ4n) is 3.34. The van der Waals surface area contributed by atoms with Crippen LogP contribution in [0.2, 0.25) is 0 Å². The summed E-state index contributed by atoms with van der Waals surface area (Å²) in [6.45, 7) is 4.65. The van der Waals surface area contributed by atoms with Gasteiger partial charge in [0.25, 0.3) is 0 Å². The molecule has 0 saturated heterocycles. The minimum Gasteiger partial charge on any atom is -0.496 e. The average molecular weight is 435 g/mol. The van der Waals surface area contributed by atoms with Gasteiger partial charge in [0.1, 0.15) is 17.6 Å². The first-order chi connectivity index (χ1) is 12.9. The number of nitrogens with one attached hydrogen (secondary N) is 1. The second kappa shape index (κ2) is 8.12. The van der Waals surface area contributed by atoms with Crippen LogP contribution in [0, 0.1) is 6.92 Å². The Morgan fingerprint density at radius 2 is 2.19 bits per heavy atom. The minimum atomic E-state index is -0.578. The van der Waals surface area contributed by atoms with E-state index in [1.807, 2.05) is 38.1 Å². The molecule has 1 aromatic carbocycles. The predicted molar refractivity (Wildman–Crippen MR) is 106 cm³/mol. The highest BCUT2D eigenvalue weighted by atomic mass is 79.9. The number of halogens is 1. The Labute approximate surface area is 166 Å². The lowest BCUT2D eigenvalue weighted by molar-refractivity contribution is -0.127. The van der Waals surface area contributed by atoms with Crippen LogP contribution in [0.5, 0.6) is 5.75 Å². The van der Waals surface area contributed by atoms with Gasteiger partial charge in [-0.15, -0.1) is 0 Å². The van der Waals surface area contributed by atoms with Crippen LogP contribution in [-0.2, 0) is 22.7 Å². The SMILES string of the molecule is CC[C@@H](C(=O)NCc1cc(Br)ccc1OC)N1C(=O)CCn2nc(C)cc21. The molecule has 1 aliphatic rings. The van der Waals surface area contributed by atoms with E-state index < -0.39 is 6.04 Å². The zero-order chi connectivity index (χ0) is 19.6. The van der Waals surface area contributed by atoms with Crippen molar-refractivity contribution in [3.63, 3.8) is 0 Å². The van der Waals surface area contributed by atoms with Gasteiger partial charge >= 0.3 is 0 Å². The topological polar surface area (TPSA) is 76.5 Å². The number of benzene rings is 1. The number of nitrogens with zero attached hydrogens (tertiary/aromatic N) is 3. The normalized spacial score (nSPS) is 14.7. The van der Waals surface area contributed by atoms with E-state index >= 15 is 0 Å². The number of carbonyl (C=O) groups excluding carboxylic acids is 2. The monoisotopic (exact) mass is 434 g/mol. The standard InChI is InChI=1S/C19H23BrN4O3/c1-4-15(24-17-9-12(2)22-23(17)8-7-18(24)25)19(26)21-11-13-10-14(20)5-6-16(13)27-3/h5-6,9-10,15H,4,7-8,11H2,1-3H3,(H,21,26)/t15-/m0/s1. The maximum Gasteiger partial charge on any atom is 0.243 e. The molecule has 2 aromatic rings. The molecule has 0 unspecified atom stereocenters. The molecule has 0 radical (unpaired) electrons. The average Bonchev–Trinajstić information content (AvgIpc) is 3.03. The third kappa shape index (κ3) is 4.00. The highest BCUT2D eigenvalue weighted by Crippen LogP contribution is 2.26. The first-order valence-corrected chi connectivity index (χ1v) is 9.70. The number of aryl methyl sites for hydroxylation is 2. The Morgan fingerprint density at radius 3 is 2.89 bits per heavy atom. The number of rotatable bonds is 6. The van der Waals surface area contributed by atoms with Gasteiger partial charge in [0, 0.05) is 29.1 Å². The van der Waals surface area contributed by atoms with E-state index in [1.165, 1.54) is 0 Å². The summed E-state index contributed by atoms with van der Waals surface area (Å²) < 4.78 is 8.06. The van der Waals surface area contributed by atoms with Gasteiger partial charge in [-0.3, -0.25) is 14.5 Å². The third-order valence-electron chi connectivity index (χ3n) is 4.63. The van der Waals surface area contributed by atoms with E-state index in [9.17, 15) is 9.59 Å². The van der Waals surface area contributed by atoms with Gasteiger partial charge in [0.2, 0.25) is 11.8 Å². The molecule has 1 N–H and O–H groups in total. The van der Waals surface area contributed by atoms with E-state index in [0.29, 0.717) is 37.5 Å². The third-order valence-corrected chi connectivity index (χ3v) is 5.12. The van der Waals surface area contributed by atoms with Crippen LogP contribution in [0.15, 0.2) is 28.7 Å². The first kappa shape index (κ1) is 19.4. The summed E-state index contributed by atoms with van der Waals surface area (Å²) >= 11 is 3.44. The van der Waals surface area contributed by atoms with Crippen molar-refractivity contribution in [2.45, 2.75) is 45.8 Å². The van der Waals surface area contributed by atoms with Crippen LogP contribution in [0.25, 0.3) is 0 Å². The first-order valence-electron chi connectivity index (χ1n) is 8.91. The predicted octanol–water partition coefficient (Wildman–Crippen LogP) is 2.79. The molecule has 0 spiro atoms. The molecule has 8 heteroatoms. The van der Waals surface area contributed by atoms with E-state index in [-0.39, 0.29) is 11.8 Å². The number of carbonyl (C=O) groups is 2. The van der Waals surface area contributed by atoms with Crippen molar-refractivity contribution >= 4 is 33.6 Å². The largest absolute Gasteiger partial charge is 0.496 e. The van der Waals surface area contributed by atoms with Crippen molar-refractivity contribution in [3.8, 4) is 5.75 Å². The number of hydrogen-bond acceptors (Lipinski definition) is 4. The van der Waals surface area contributed by atoms with E-state index in [1.54, 1.807) is 16.7 Å². The summed E-state index contributed by atoms with van der Waals surface area (Å²) in [6.07, 6.45) is 0.856. The summed E-state index contributed by atoms with van der Waals surface area (Å²) in [5.41, 5.74) is 1.69. The van der Waals surface area contributed by atoms with Crippen LogP contribution in [-0.4, -0.2) is 34.7 Å². The van der Waals surface area contributed by atoms with Crippen LogP contribution in [0.4, 0.5) is 5.82 Å². The van der Waals surface area contributed by atoms with Crippen molar-refractivity contribution in [1.82, 2.24) is 15.1 Å². The zero-order valence-corrected chi connectivity index (χ0v) is 17.2. The Bertz CT molecular complexity index is 865. The number of fused-ring (bicyclic) bond motifs is 1. The summed E-state index contributed by atoms with van der Waals surface area (Å²) in [7, 11) is 1.60. The van der Waals surface area contributed by atoms with Gasteiger partial charge in [0.05, 0.1) is 19.3 Å². The van der Waals surface area contributed by atoms with Crippen LogP contribution in [0.3, 0.4) is 0 Å². The molecule has 0 saturated carbocycles. The lowest BCUT2D eigenvalue weighted by Gasteiger charge is -2.33. The molecule has 1 atom stereocenters. The molecule has 27 heavy (non-hydrogen) atoms. The van der Waals surface area contributed by atoms with Crippen molar-refractivity contribution in [3.05, 3.63) is 40.0 Å². The molecular weight excluding hydrogens is 412 g/mol. The minimum absolute atomic E-state index is 0.0514. The lowest BCUT2D eigenvalue weighted by atomic mass is 10.1. The van der Waals surface area contributed by atoms with E-state index in [2.05, 4.69) is 26.3 Å². The molecule has 1 aliphatic heterocycles. The second-order valence-corrected chi connectivity index (χ2v) is 7.39. The van der Waals surface area contributed by atoms with Crippen molar-refractivity contribution in [2.75, 3.05) is 12.0 Å². The number of anilines is 1. The van der Waals surface area contributed by atoms with Gasteiger partial charge in [-0.05, 0) is 31.5 Å². The summed E-state index contributed by atoms with van der Waals surface area (Å²) in [6, 6.07) is 6.91. The fourth-order valence-corrected chi connectivity index (χ4v) is 3.75. The smallest absolute Gasteiger partial charge is 0.243 e. The molecule has 0 bridgehead atoms. The van der Waals surface area contributed by atoms with Crippen molar-refractivity contribution in [1.29, 1.82) is 0 Å². The zero-order valence-electron chi connectivity index (χ0n) is 15.7. The Hall–Kier alpha value is -2.35. The Morgan fingerprint density at radius 1 is 1.41 bits per heavy atom. The molecule has 0 fully saturated rings. The van der Waals surface area contributed by atoms with Gasteiger partial charge in [0.15, 0.2) is 0 Å². The van der Waals surface area contributed by atoms with E-state index in [4.69, 9.17) is 4.74 Å². The molecule has 2 heterocycles. The lowest BCUT2D eigenvalue weighted by Crippen LogP contribution is -2.52. The summed E-state index contributed by atoms with van der Waals surface area (Å²) in [4.78, 5) is 27.1. The van der Waals surface area contributed by atoms with E-state index in [0.717, 1.165) is 15.7 Å². The fraction of sp³-hybridized carbons (Fsp3) is 0.421. The van der Waals surface area contributed by atoms with Crippen LogP contribution >= 0.6 is 15.9 Å². The number of hydrogen-bond donors (Lipinski definition) is 1.